The van der Waals surface area contributed by atoms with Crippen LogP contribution in [-0.4, -0.2) is 57.8 Å². The molecule has 1 heterocycles. The zero-order valence-electron chi connectivity index (χ0n) is 14.9. The second-order valence-corrected chi connectivity index (χ2v) is 8.24. The minimum atomic E-state index is -0.953. The summed E-state index contributed by atoms with van der Waals surface area (Å²) in [7, 11) is 0. The molecule has 0 unspecified atom stereocenters. The van der Waals surface area contributed by atoms with Crippen LogP contribution in [0.1, 0.15) is 65.2 Å². The molecule has 0 aromatic rings. The Morgan fingerprint density at radius 3 is 2.50 bits per heavy atom. The molecule has 24 heavy (non-hydrogen) atoms. The molecule has 3 fully saturated rings. The number of nitrogens with one attached hydrogen (secondary N) is 1. The summed E-state index contributed by atoms with van der Waals surface area (Å²) in [5.41, 5.74) is -0.892. The molecule has 2 saturated carbocycles. The maximum absolute atomic E-state index is 11.9. The summed E-state index contributed by atoms with van der Waals surface area (Å²) in [5, 5.41) is 23.7. The van der Waals surface area contributed by atoms with Crippen LogP contribution in [0.3, 0.4) is 0 Å². The van der Waals surface area contributed by atoms with Crippen LogP contribution in [0.2, 0.25) is 0 Å². The highest BCUT2D eigenvalue weighted by molar-refractivity contribution is 5.67. The molecule has 0 spiro atoms. The van der Waals surface area contributed by atoms with E-state index in [4.69, 9.17) is 4.74 Å². The first-order valence-electron chi connectivity index (χ1n) is 9.50. The van der Waals surface area contributed by atoms with Crippen LogP contribution in [0.4, 0.5) is 4.79 Å². The van der Waals surface area contributed by atoms with Crippen molar-refractivity contribution in [3.8, 4) is 0 Å². The summed E-state index contributed by atoms with van der Waals surface area (Å²) in [5.74, 6) is 0.536. The molecule has 138 valence electrons. The summed E-state index contributed by atoms with van der Waals surface area (Å²) >= 11 is 0. The number of hydrogen-bond acceptors (Lipinski definition) is 4. The molecule has 0 aromatic carbocycles. The zero-order valence-corrected chi connectivity index (χ0v) is 14.9. The molecule has 0 aromatic heterocycles. The molecular formula is C18H32N2O4. The van der Waals surface area contributed by atoms with Crippen LogP contribution >= 0.6 is 0 Å². The van der Waals surface area contributed by atoms with E-state index in [1.807, 2.05) is 0 Å². The number of carboxylic acid groups (broad SMARTS) is 1. The van der Waals surface area contributed by atoms with Crippen molar-refractivity contribution in [3.05, 3.63) is 0 Å². The summed E-state index contributed by atoms with van der Waals surface area (Å²) in [6, 6.07) is 0.248. The van der Waals surface area contributed by atoms with Crippen molar-refractivity contribution in [1.29, 1.82) is 0 Å². The fourth-order valence-corrected chi connectivity index (χ4v) is 4.42. The molecule has 3 atom stereocenters. The van der Waals surface area contributed by atoms with Gasteiger partial charge in [-0.2, -0.15) is 0 Å². The van der Waals surface area contributed by atoms with Crippen LogP contribution < -0.4 is 5.32 Å². The van der Waals surface area contributed by atoms with Crippen LogP contribution in [0.15, 0.2) is 0 Å². The smallest absolute Gasteiger partial charge is 0.409 e. The van der Waals surface area contributed by atoms with Gasteiger partial charge in [-0.25, -0.2) is 4.79 Å². The van der Waals surface area contributed by atoms with Gasteiger partial charge in [-0.15, -0.1) is 0 Å². The number of aliphatic hydroxyl groups excluding tert-OH is 1. The van der Waals surface area contributed by atoms with Gasteiger partial charge in [-0.3, -0.25) is 4.90 Å². The monoisotopic (exact) mass is 340 g/mol. The Bertz CT molecular complexity index is 446. The number of nitrogens with zero attached hydrogens (tertiary/aromatic N) is 1. The summed E-state index contributed by atoms with van der Waals surface area (Å²) in [6.07, 6.45) is 7.09. The quantitative estimate of drug-likeness (QED) is 0.692. The minimum absolute atomic E-state index is 0.267. The predicted octanol–water partition coefficient (Wildman–Crippen LogP) is 2.55. The number of rotatable bonds is 6. The Hall–Kier alpha value is -0.850. The maximum atomic E-state index is 11.9. The number of amides is 1. The Labute approximate surface area is 144 Å². The molecule has 6 heteroatoms. The molecule has 1 aliphatic heterocycles. The molecule has 3 aliphatic rings. The SMILES string of the molecule is CC1(C)O[C@@H]([C@@H](O)CNC2CC2)[C@H](CC2CCCCC2)N1C(=O)O. The molecule has 3 rings (SSSR count). The Kier molecular flexibility index (Phi) is 5.37. The highest BCUT2D eigenvalue weighted by Gasteiger charge is 2.52. The molecule has 3 N–H and O–H groups in total. The topological polar surface area (TPSA) is 82.0 Å². The molecular weight excluding hydrogens is 308 g/mol. The Morgan fingerprint density at radius 1 is 1.25 bits per heavy atom. The Morgan fingerprint density at radius 2 is 1.92 bits per heavy atom. The number of hydrogen-bond donors (Lipinski definition) is 3. The van der Waals surface area contributed by atoms with E-state index in [1.54, 1.807) is 13.8 Å². The average Bonchev–Trinajstić information content (AvgIpc) is 3.30. The first kappa shape index (κ1) is 18.0. The van der Waals surface area contributed by atoms with Crippen molar-refractivity contribution in [1.82, 2.24) is 10.2 Å². The van der Waals surface area contributed by atoms with Crippen LogP contribution in [0.5, 0.6) is 0 Å². The highest BCUT2D eigenvalue weighted by atomic mass is 16.6. The van der Waals surface area contributed by atoms with Gasteiger partial charge in [0, 0.05) is 12.6 Å². The van der Waals surface area contributed by atoms with Crippen LogP contribution in [-0.2, 0) is 4.74 Å². The van der Waals surface area contributed by atoms with Gasteiger partial charge in [0.1, 0.15) is 11.8 Å². The lowest BCUT2D eigenvalue weighted by molar-refractivity contribution is -0.0968. The van der Waals surface area contributed by atoms with Crippen molar-refractivity contribution < 1.29 is 19.7 Å². The predicted molar refractivity (Wildman–Crippen MR) is 90.8 cm³/mol. The molecule has 1 saturated heterocycles. The van der Waals surface area contributed by atoms with E-state index >= 15 is 0 Å². The van der Waals surface area contributed by atoms with E-state index < -0.39 is 24.0 Å². The van der Waals surface area contributed by atoms with Crippen molar-refractivity contribution in [2.75, 3.05) is 6.54 Å². The van der Waals surface area contributed by atoms with E-state index in [2.05, 4.69) is 5.32 Å². The standard InChI is InChI=1S/C18H32N2O4/c1-18(2)20(17(22)23)14(10-12-6-4-3-5-7-12)16(24-18)15(21)11-19-13-8-9-13/h12-16,19,21H,3-11H2,1-2H3,(H,22,23)/t14-,15-,16+/m0/s1. The van der Waals surface area contributed by atoms with E-state index in [9.17, 15) is 15.0 Å². The zero-order chi connectivity index (χ0) is 17.3. The van der Waals surface area contributed by atoms with Gasteiger partial charge in [0.05, 0.1) is 12.1 Å². The van der Waals surface area contributed by atoms with E-state index in [0.717, 1.165) is 32.1 Å². The molecule has 2 aliphatic carbocycles. The second-order valence-electron chi connectivity index (χ2n) is 8.24. The lowest BCUT2D eigenvalue weighted by Crippen LogP contribution is -2.50. The second kappa shape index (κ2) is 7.18. The minimum Gasteiger partial charge on any atom is -0.465 e. The highest BCUT2D eigenvalue weighted by Crippen LogP contribution is 2.39. The van der Waals surface area contributed by atoms with Gasteiger partial charge in [0.15, 0.2) is 0 Å². The van der Waals surface area contributed by atoms with E-state index in [0.29, 0.717) is 18.5 Å². The lowest BCUT2D eigenvalue weighted by atomic mass is 9.83. The van der Waals surface area contributed by atoms with Gasteiger partial charge in [0.2, 0.25) is 0 Å². The number of ether oxygens (including phenoxy) is 1. The van der Waals surface area contributed by atoms with Crippen molar-refractivity contribution in [2.24, 2.45) is 5.92 Å². The fourth-order valence-electron chi connectivity index (χ4n) is 4.42. The lowest BCUT2D eigenvalue weighted by Gasteiger charge is -2.34. The van der Waals surface area contributed by atoms with E-state index in [1.165, 1.54) is 24.2 Å². The number of aliphatic hydroxyl groups is 1. The van der Waals surface area contributed by atoms with Crippen molar-refractivity contribution in [3.63, 3.8) is 0 Å². The Balaban J connectivity index is 1.71. The maximum Gasteiger partial charge on any atom is 0.409 e. The molecule has 0 radical (unpaired) electrons. The normalized spacial score (nSPS) is 32.0. The van der Waals surface area contributed by atoms with Gasteiger partial charge < -0.3 is 20.3 Å². The van der Waals surface area contributed by atoms with Crippen LogP contribution in [0, 0.1) is 5.92 Å². The third-order valence-corrected chi connectivity index (χ3v) is 5.79. The first-order valence-corrected chi connectivity index (χ1v) is 9.50. The molecule has 0 bridgehead atoms. The van der Waals surface area contributed by atoms with Gasteiger partial charge >= 0.3 is 6.09 Å². The largest absolute Gasteiger partial charge is 0.465 e. The van der Waals surface area contributed by atoms with Gasteiger partial charge in [-0.05, 0) is 39.0 Å². The summed E-state index contributed by atoms with van der Waals surface area (Å²) in [6.45, 7) is 4.05. The summed E-state index contributed by atoms with van der Waals surface area (Å²) < 4.78 is 6.05. The molecule has 1 amide bonds. The fraction of sp³-hybridized carbons (Fsp3) is 0.944. The first-order chi connectivity index (χ1) is 11.4. The number of carbonyl (C=O) groups is 1. The van der Waals surface area contributed by atoms with E-state index in [-0.39, 0.29) is 6.04 Å². The third kappa shape index (κ3) is 4.03. The third-order valence-electron chi connectivity index (χ3n) is 5.79. The average molecular weight is 340 g/mol. The molecule has 6 nitrogen and oxygen atoms in total. The van der Waals surface area contributed by atoms with Gasteiger partial charge in [0.25, 0.3) is 0 Å². The van der Waals surface area contributed by atoms with Crippen LogP contribution in [0.25, 0.3) is 0 Å². The summed E-state index contributed by atoms with van der Waals surface area (Å²) in [4.78, 5) is 13.3. The van der Waals surface area contributed by atoms with Crippen molar-refractivity contribution in [2.45, 2.75) is 95.2 Å². The van der Waals surface area contributed by atoms with Gasteiger partial charge in [-0.1, -0.05) is 32.1 Å². The van der Waals surface area contributed by atoms with Crippen molar-refractivity contribution >= 4 is 6.09 Å².